The van der Waals surface area contributed by atoms with Crippen molar-refractivity contribution in [3.8, 4) is 11.5 Å². The molecule has 1 atom stereocenters. The molecule has 3 rings (SSSR count). The second-order valence-corrected chi connectivity index (χ2v) is 9.51. The third kappa shape index (κ3) is 5.77. The number of benzene rings is 3. The molecule has 7 nitrogen and oxygen atoms in total. The summed E-state index contributed by atoms with van der Waals surface area (Å²) < 4.78 is 38.3. The summed E-state index contributed by atoms with van der Waals surface area (Å²) >= 11 is 6.10. The van der Waals surface area contributed by atoms with Crippen molar-refractivity contribution in [1.82, 2.24) is 5.32 Å². The zero-order chi connectivity index (χ0) is 24.0. The third-order valence-corrected chi connectivity index (χ3v) is 7.02. The van der Waals surface area contributed by atoms with Crippen molar-refractivity contribution in [2.75, 3.05) is 25.1 Å². The van der Waals surface area contributed by atoms with Gasteiger partial charge in [0.2, 0.25) is 5.91 Å². The quantitative estimate of drug-likeness (QED) is 0.481. The predicted molar refractivity (Wildman–Crippen MR) is 129 cm³/mol. The Morgan fingerprint density at radius 2 is 1.67 bits per heavy atom. The highest BCUT2D eigenvalue weighted by Crippen LogP contribution is 2.30. The van der Waals surface area contributed by atoms with Crippen LogP contribution in [0.3, 0.4) is 0 Å². The van der Waals surface area contributed by atoms with Gasteiger partial charge in [-0.05, 0) is 55.0 Å². The van der Waals surface area contributed by atoms with Crippen molar-refractivity contribution in [3.63, 3.8) is 0 Å². The fourth-order valence-electron chi connectivity index (χ4n) is 3.29. The topological polar surface area (TPSA) is 84.9 Å². The van der Waals surface area contributed by atoms with E-state index < -0.39 is 28.5 Å². The molecule has 3 aromatic rings. The summed E-state index contributed by atoms with van der Waals surface area (Å²) in [5.74, 6) is 0.626. The third-order valence-electron chi connectivity index (χ3n) is 5.00. The zero-order valence-electron chi connectivity index (χ0n) is 18.5. The maximum absolute atomic E-state index is 13.4. The first kappa shape index (κ1) is 24.4. The predicted octanol–water partition coefficient (Wildman–Crippen LogP) is 4.43. The summed E-state index contributed by atoms with van der Waals surface area (Å²) in [6.45, 7) is 1.38. The van der Waals surface area contributed by atoms with Crippen LogP contribution in [0.1, 0.15) is 18.5 Å². The molecule has 33 heavy (non-hydrogen) atoms. The van der Waals surface area contributed by atoms with Gasteiger partial charge in [0, 0.05) is 5.02 Å². The van der Waals surface area contributed by atoms with Crippen molar-refractivity contribution in [3.05, 3.63) is 83.4 Å². The zero-order valence-corrected chi connectivity index (χ0v) is 20.1. The van der Waals surface area contributed by atoms with E-state index in [-0.39, 0.29) is 4.90 Å². The molecule has 0 aliphatic carbocycles. The number of carbonyl (C=O) groups excluding carboxylic acids is 1. The number of carbonyl (C=O) groups is 1. The van der Waals surface area contributed by atoms with Gasteiger partial charge in [0.25, 0.3) is 10.0 Å². The monoisotopic (exact) mass is 488 g/mol. The number of rotatable bonds is 9. The average Bonchev–Trinajstić information content (AvgIpc) is 2.82. The number of methoxy groups -OCH3 is 2. The van der Waals surface area contributed by atoms with Crippen LogP contribution in [0.2, 0.25) is 5.02 Å². The summed E-state index contributed by atoms with van der Waals surface area (Å²) in [7, 11) is -0.937. The molecule has 0 aliphatic rings. The summed E-state index contributed by atoms with van der Waals surface area (Å²) in [6.07, 6.45) is 0. The molecule has 9 heteroatoms. The number of hydrogen-bond donors (Lipinski definition) is 1. The smallest absolute Gasteiger partial charge is 0.264 e. The van der Waals surface area contributed by atoms with Crippen LogP contribution in [0.15, 0.2) is 77.7 Å². The minimum Gasteiger partial charge on any atom is -0.493 e. The Morgan fingerprint density at radius 1 is 0.970 bits per heavy atom. The lowest BCUT2D eigenvalue weighted by Gasteiger charge is -2.25. The number of sulfonamides is 1. The Morgan fingerprint density at radius 3 is 2.30 bits per heavy atom. The molecule has 0 bridgehead atoms. The molecular formula is C24H25ClN2O5S. The fourth-order valence-corrected chi connectivity index (χ4v) is 4.91. The molecule has 0 fully saturated rings. The van der Waals surface area contributed by atoms with E-state index in [1.54, 1.807) is 62.6 Å². The summed E-state index contributed by atoms with van der Waals surface area (Å²) in [6, 6.07) is 19.2. The first-order valence-corrected chi connectivity index (χ1v) is 11.9. The Balaban J connectivity index is 1.86. The normalized spacial score (nSPS) is 12.0. The van der Waals surface area contributed by atoms with Gasteiger partial charge in [0.15, 0.2) is 11.5 Å². The minimum absolute atomic E-state index is 0.0747. The van der Waals surface area contributed by atoms with Gasteiger partial charge < -0.3 is 14.8 Å². The number of nitrogens with zero attached hydrogens (tertiary/aromatic N) is 1. The van der Waals surface area contributed by atoms with Crippen LogP contribution < -0.4 is 19.1 Å². The van der Waals surface area contributed by atoms with Crippen LogP contribution in [-0.4, -0.2) is 35.1 Å². The maximum Gasteiger partial charge on any atom is 0.264 e. The second-order valence-electron chi connectivity index (χ2n) is 7.21. The second kappa shape index (κ2) is 10.6. The van der Waals surface area contributed by atoms with Gasteiger partial charge in [-0.3, -0.25) is 9.10 Å². The maximum atomic E-state index is 13.4. The minimum atomic E-state index is -4.01. The molecule has 0 radical (unpaired) electrons. The van der Waals surface area contributed by atoms with Crippen molar-refractivity contribution in [1.29, 1.82) is 0 Å². The van der Waals surface area contributed by atoms with Crippen molar-refractivity contribution < 1.29 is 22.7 Å². The van der Waals surface area contributed by atoms with E-state index in [1.807, 2.05) is 6.07 Å². The Hall–Kier alpha value is -3.23. The summed E-state index contributed by atoms with van der Waals surface area (Å²) in [4.78, 5) is 13.0. The molecule has 3 aromatic carbocycles. The largest absolute Gasteiger partial charge is 0.493 e. The molecule has 0 heterocycles. The number of hydrogen-bond acceptors (Lipinski definition) is 5. The lowest BCUT2D eigenvalue weighted by Crippen LogP contribution is -2.41. The highest BCUT2D eigenvalue weighted by atomic mass is 35.5. The first-order valence-electron chi connectivity index (χ1n) is 10.1. The number of ether oxygens (including phenoxy) is 2. The van der Waals surface area contributed by atoms with Gasteiger partial charge in [-0.15, -0.1) is 0 Å². The van der Waals surface area contributed by atoms with Gasteiger partial charge in [0.1, 0.15) is 6.54 Å². The van der Waals surface area contributed by atoms with E-state index in [0.29, 0.717) is 22.2 Å². The van der Waals surface area contributed by atoms with Gasteiger partial charge in [-0.2, -0.15) is 0 Å². The van der Waals surface area contributed by atoms with Crippen LogP contribution in [0.4, 0.5) is 5.69 Å². The first-order chi connectivity index (χ1) is 15.8. The number of nitrogens with one attached hydrogen (secondary N) is 1. The van der Waals surface area contributed by atoms with Crippen LogP contribution in [-0.2, 0) is 14.8 Å². The van der Waals surface area contributed by atoms with Crippen LogP contribution >= 0.6 is 11.6 Å². The average molecular weight is 489 g/mol. The van der Waals surface area contributed by atoms with Crippen LogP contribution in [0.5, 0.6) is 11.5 Å². The van der Waals surface area contributed by atoms with E-state index in [2.05, 4.69) is 5.32 Å². The Kier molecular flexibility index (Phi) is 7.84. The Bertz CT molecular complexity index is 1220. The van der Waals surface area contributed by atoms with Gasteiger partial charge >= 0.3 is 0 Å². The fraction of sp³-hybridized carbons (Fsp3) is 0.208. The van der Waals surface area contributed by atoms with E-state index in [1.165, 1.54) is 25.3 Å². The van der Waals surface area contributed by atoms with Gasteiger partial charge in [-0.25, -0.2) is 8.42 Å². The van der Waals surface area contributed by atoms with E-state index in [9.17, 15) is 13.2 Å². The molecule has 0 saturated carbocycles. The van der Waals surface area contributed by atoms with Crippen molar-refractivity contribution in [2.45, 2.75) is 17.9 Å². The molecule has 0 aromatic heterocycles. The summed E-state index contributed by atoms with van der Waals surface area (Å²) in [5.41, 5.74) is 1.07. The number of anilines is 1. The highest BCUT2D eigenvalue weighted by molar-refractivity contribution is 7.92. The lowest BCUT2D eigenvalue weighted by atomic mass is 10.1. The molecular weight excluding hydrogens is 464 g/mol. The van der Waals surface area contributed by atoms with Crippen LogP contribution in [0, 0.1) is 0 Å². The number of halogens is 1. The lowest BCUT2D eigenvalue weighted by molar-refractivity contribution is -0.120. The molecule has 1 amide bonds. The standard InChI is InChI=1S/C24H25ClN2O5S/c1-17(18-12-13-22(31-2)23(14-18)32-3)26-24(28)16-27(20-9-7-8-19(25)15-20)33(29,30)21-10-5-4-6-11-21/h4-15,17H,16H2,1-3H3,(H,26,28). The number of amides is 1. The molecule has 1 unspecified atom stereocenters. The van der Waals surface area contributed by atoms with Crippen molar-refractivity contribution >= 4 is 33.2 Å². The van der Waals surface area contributed by atoms with Gasteiger partial charge in [0.05, 0.1) is 30.8 Å². The van der Waals surface area contributed by atoms with E-state index in [4.69, 9.17) is 21.1 Å². The molecule has 0 saturated heterocycles. The van der Waals surface area contributed by atoms with Crippen LogP contribution in [0.25, 0.3) is 0 Å². The molecule has 174 valence electrons. The molecule has 0 aliphatic heterocycles. The van der Waals surface area contributed by atoms with Crippen molar-refractivity contribution in [2.24, 2.45) is 0 Å². The highest BCUT2D eigenvalue weighted by Gasteiger charge is 2.28. The SMILES string of the molecule is COc1ccc(C(C)NC(=O)CN(c2cccc(Cl)c2)S(=O)(=O)c2ccccc2)cc1OC. The Labute approximate surface area is 198 Å². The molecule has 1 N–H and O–H groups in total. The molecule has 0 spiro atoms. The van der Waals surface area contributed by atoms with Gasteiger partial charge in [-0.1, -0.05) is 41.9 Å². The van der Waals surface area contributed by atoms with E-state index in [0.717, 1.165) is 9.87 Å². The summed E-state index contributed by atoms with van der Waals surface area (Å²) in [5, 5.41) is 3.21. The van der Waals surface area contributed by atoms with E-state index >= 15 is 0 Å².